The average Bonchev–Trinajstić information content (AvgIpc) is 3.24. The second-order valence-electron chi connectivity index (χ2n) is 9.41. The molecule has 0 spiro atoms. The van der Waals surface area contributed by atoms with Crippen LogP contribution in [0.1, 0.15) is 40.2 Å². The Labute approximate surface area is 210 Å². The number of hydrogen-bond donors (Lipinski definition) is 0. The molecular weight excluding hydrogens is 460 g/mol. The van der Waals surface area contributed by atoms with Gasteiger partial charge in [0.1, 0.15) is 16.5 Å². The van der Waals surface area contributed by atoms with E-state index in [9.17, 15) is 0 Å². The first kappa shape index (κ1) is 22.0. The van der Waals surface area contributed by atoms with Crippen molar-refractivity contribution in [2.24, 2.45) is 0 Å². The van der Waals surface area contributed by atoms with Gasteiger partial charge in [0.25, 0.3) is 0 Å². The summed E-state index contributed by atoms with van der Waals surface area (Å²) in [4.78, 5) is 18.0. The maximum absolute atomic E-state index is 6.06. The highest BCUT2D eigenvalue weighted by atomic mass is 35.5. The number of anilines is 1. The quantitative estimate of drug-likeness (QED) is 0.338. The predicted octanol–water partition coefficient (Wildman–Crippen LogP) is 6.14. The number of thiophene rings is 1. The van der Waals surface area contributed by atoms with Gasteiger partial charge in [0.15, 0.2) is 0 Å². The van der Waals surface area contributed by atoms with Crippen molar-refractivity contribution in [3.63, 3.8) is 0 Å². The molecule has 174 valence electrons. The van der Waals surface area contributed by atoms with Gasteiger partial charge in [0, 0.05) is 49.0 Å². The molecule has 2 aliphatic rings. The summed E-state index contributed by atoms with van der Waals surface area (Å²) in [5.74, 6) is 2.11. The largest absolute Gasteiger partial charge is 0.353 e. The minimum Gasteiger partial charge on any atom is -0.353 e. The number of nitrogens with zero attached hydrogens (tertiary/aromatic N) is 4. The maximum atomic E-state index is 6.06. The number of aromatic nitrogens is 2. The number of benzene rings is 2. The van der Waals surface area contributed by atoms with Crippen molar-refractivity contribution in [3.05, 3.63) is 87.0 Å². The van der Waals surface area contributed by atoms with Gasteiger partial charge in [-0.15, -0.1) is 11.3 Å². The Morgan fingerprint density at radius 2 is 1.59 bits per heavy atom. The molecule has 1 aliphatic carbocycles. The molecule has 0 unspecified atom stereocenters. The summed E-state index contributed by atoms with van der Waals surface area (Å²) in [6.45, 7) is 5.03. The molecular formula is C28H29ClN4S. The van der Waals surface area contributed by atoms with Gasteiger partial charge in [-0.2, -0.15) is 0 Å². The van der Waals surface area contributed by atoms with Crippen molar-refractivity contribution in [2.45, 2.75) is 38.6 Å². The summed E-state index contributed by atoms with van der Waals surface area (Å²) in [7, 11) is 0. The average molecular weight is 489 g/mol. The van der Waals surface area contributed by atoms with Crippen molar-refractivity contribution in [1.82, 2.24) is 14.9 Å². The summed E-state index contributed by atoms with van der Waals surface area (Å²) in [5, 5.41) is 2.13. The SMILES string of the molecule is Clc1ccc(CN2CCN(c3nc(Cc4ccccc4)nc4sc5c(c34)CCCC5)CC2)cc1. The summed E-state index contributed by atoms with van der Waals surface area (Å²) in [5.41, 5.74) is 4.11. The molecule has 34 heavy (non-hydrogen) atoms. The zero-order chi connectivity index (χ0) is 22.9. The van der Waals surface area contributed by atoms with Crippen molar-refractivity contribution in [1.29, 1.82) is 0 Å². The van der Waals surface area contributed by atoms with Crippen LogP contribution >= 0.6 is 22.9 Å². The van der Waals surface area contributed by atoms with Crippen LogP contribution in [0.3, 0.4) is 0 Å². The number of halogens is 1. The third-order valence-electron chi connectivity index (χ3n) is 7.04. The van der Waals surface area contributed by atoms with Crippen molar-refractivity contribution in [2.75, 3.05) is 31.1 Å². The molecule has 1 aliphatic heterocycles. The Hall–Kier alpha value is -2.47. The maximum Gasteiger partial charge on any atom is 0.141 e. The van der Waals surface area contributed by atoms with Gasteiger partial charge < -0.3 is 4.90 Å². The third-order valence-corrected chi connectivity index (χ3v) is 8.48. The highest BCUT2D eigenvalue weighted by Crippen LogP contribution is 2.40. The van der Waals surface area contributed by atoms with E-state index in [1.54, 1.807) is 0 Å². The molecule has 0 radical (unpaired) electrons. The monoisotopic (exact) mass is 488 g/mol. The molecule has 0 amide bonds. The zero-order valence-electron chi connectivity index (χ0n) is 19.3. The zero-order valence-corrected chi connectivity index (χ0v) is 20.9. The van der Waals surface area contributed by atoms with Crippen LogP contribution in [0.2, 0.25) is 5.02 Å². The van der Waals surface area contributed by atoms with Crippen LogP contribution < -0.4 is 4.90 Å². The van der Waals surface area contributed by atoms with E-state index < -0.39 is 0 Å². The van der Waals surface area contributed by atoms with Crippen molar-refractivity contribution in [3.8, 4) is 0 Å². The normalized spacial score (nSPS) is 16.7. The molecule has 6 rings (SSSR count). The Balaban J connectivity index is 1.28. The smallest absolute Gasteiger partial charge is 0.141 e. The number of hydrogen-bond acceptors (Lipinski definition) is 5. The van der Waals surface area contributed by atoms with Gasteiger partial charge in [-0.05, 0) is 54.5 Å². The van der Waals surface area contributed by atoms with E-state index in [2.05, 4.69) is 52.3 Å². The summed E-state index contributed by atoms with van der Waals surface area (Å²) >= 11 is 7.97. The molecule has 6 heteroatoms. The van der Waals surface area contributed by atoms with Gasteiger partial charge in [0.2, 0.25) is 0 Å². The van der Waals surface area contributed by atoms with E-state index in [4.69, 9.17) is 21.6 Å². The first-order valence-electron chi connectivity index (χ1n) is 12.3. The van der Waals surface area contributed by atoms with E-state index in [-0.39, 0.29) is 0 Å². The number of fused-ring (bicyclic) bond motifs is 3. The van der Waals surface area contributed by atoms with E-state index in [0.29, 0.717) is 0 Å². The topological polar surface area (TPSA) is 32.3 Å². The molecule has 4 nitrogen and oxygen atoms in total. The van der Waals surface area contributed by atoms with Crippen molar-refractivity contribution >= 4 is 39.0 Å². The van der Waals surface area contributed by atoms with Crippen LogP contribution in [0.25, 0.3) is 10.2 Å². The van der Waals surface area contributed by atoms with Crippen molar-refractivity contribution < 1.29 is 0 Å². The van der Waals surface area contributed by atoms with Crippen LogP contribution in [0, 0.1) is 0 Å². The lowest BCUT2D eigenvalue weighted by Gasteiger charge is -2.36. The summed E-state index contributed by atoms with van der Waals surface area (Å²) in [6.07, 6.45) is 5.71. The van der Waals surface area contributed by atoms with E-state index in [1.165, 1.54) is 63.3 Å². The highest BCUT2D eigenvalue weighted by molar-refractivity contribution is 7.19. The Morgan fingerprint density at radius 3 is 2.38 bits per heavy atom. The van der Waals surface area contributed by atoms with E-state index in [1.807, 2.05) is 23.5 Å². The molecule has 4 aromatic rings. The number of rotatable bonds is 5. The van der Waals surface area contributed by atoms with E-state index in [0.717, 1.165) is 50.0 Å². The van der Waals surface area contributed by atoms with Gasteiger partial charge in [0.05, 0.1) is 5.39 Å². The first-order chi connectivity index (χ1) is 16.7. The fourth-order valence-corrected chi connectivity index (χ4v) is 6.63. The van der Waals surface area contributed by atoms with Gasteiger partial charge >= 0.3 is 0 Å². The molecule has 3 heterocycles. The second-order valence-corrected chi connectivity index (χ2v) is 10.9. The predicted molar refractivity (Wildman–Crippen MR) is 142 cm³/mol. The third kappa shape index (κ3) is 4.57. The molecule has 0 saturated carbocycles. The van der Waals surface area contributed by atoms with Crippen LogP contribution in [0.4, 0.5) is 5.82 Å². The molecule has 1 fully saturated rings. The lowest BCUT2D eigenvalue weighted by molar-refractivity contribution is 0.249. The molecule has 0 bridgehead atoms. The van der Waals surface area contributed by atoms with E-state index >= 15 is 0 Å². The Bertz CT molecular complexity index is 1280. The molecule has 2 aromatic heterocycles. The summed E-state index contributed by atoms with van der Waals surface area (Å²) < 4.78 is 0. The second kappa shape index (κ2) is 9.65. The number of piperazine rings is 1. The van der Waals surface area contributed by atoms with Gasteiger partial charge in [-0.1, -0.05) is 54.1 Å². The Morgan fingerprint density at radius 1 is 0.824 bits per heavy atom. The fourth-order valence-electron chi connectivity index (χ4n) is 5.23. The lowest BCUT2D eigenvalue weighted by atomic mass is 9.96. The fraction of sp³-hybridized carbons (Fsp3) is 0.357. The first-order valence-corrected chi connectivity index (χ1v) is 13.5. The molecule has 0 atom stereocenters. The minimum atomic E-state index is 0.781. The van der Waals surface area contributed by atoms with Gasteiger partial charge in [-0.3, -0.25) is 4.90 Å². The van der Waals surface area contributed by atoms with Gasteiger partial charge in [-0.25, -0.2) is 9.97 Å². The summed E-state index contributed by atoms with van der Waals surface area (Å²) in [6, 6.07) is 18.8. The number of aryl methyl sites for hydroxylation is 2. The minimum absolute atomic E-state index is 0.781. The van der Waals surface area contributed by atoms with Crippen LogP contribution in [0.15, 0.2) is 54.6 Å². The lowest BCUT2D eigenvalue weighted by Crippen LogP contribution is -2.46. The molecule has 0 N–H and O–H groups in total. The standard InChI is InChI=1S/C28H29ClN4S/c29-22-12-10-21(11-13-22)19-32-14-16-33(17-15-32)27-26-23-8-4-5-9-24(23)34-28(26)31-25(30-27)18-20-6-2-1-3-7-20/h1-3,6-7,10-13H,4-5,8-9,14-19H2. The Kier molecular flexibility index (Phi) is 6.25. The van der Waals surface area contributed by atoms with Crippen LogP contribution in [-0.4, -0.2) is 41.0 Å². The molecule has 2 aromatic carbocycles. The van der Waals surface area contributed by atoms with Crippen LogP contribution in [0.5, 0.6) is 0 Å². The van der Waals surface area contributed by atoms with Crippen LogP contribution in [-0.2, 0) is 25.8 Å². The highest BCUT2D eigenvalue weighted by Gasteiger charge is 2.26. The molecule has 1 saturated heterocycles.